The number of para-hydroxylation sites is 1. The lowest BCUT2D eigenvalue weighted by molar-refractivity contribution is -0.384. The fourth-order valence-corrected chi connectivity index (χ4v) is 4.37. The molecule has 1 fully saturated rings. The smallest absolute Gasteiger partial charge is 0.270 e. The number of halogens is 1. The first-order valence-electron chi connectivity index (χ1n) is 11.3. The van der Waals surface area contributed by atoms with Crippen LogP contribution in [0.1, 0.15) is 32.7 Å². The topological polar surface area (TPSA) is 95.8 Å². The Bertz CT molecular complexity index is 1240. The van der Waals surface area contributed by atoms with Crippen molar-refractivity contribution in [1.82, 2.24) is 9.80 Å². The number of non-ortho nitro benzene ring substituents is 1. The number of nitro benzene ring substituents is 1. The summed E-state index contributed by atoms with van der Waals surface area (Å²) in [5.41, 5.74) is 1.87. The highest BCUT2D eigenvalue weighted by molar-refractivity contribution is 6.34. The van der Waals surface area contributed by atoms with E-state index in [1.807, 2.05) is 23.1 Å². The van der Waals surface area contributed by atoms with Crippen LogP contribution < -0.4 is 5.32 Å². The predicted octanol–water partition coefficient (Wildman–Crippen LogP) is 4.85. The fourth-order valence-electron chi connectivity index (χ4n) is 4.11. The van der Waals surface area contributed by atoms with E-state index >= 15 is 0 Å². The minimum Gasteiger partial charge on any atom is -0.337 e. The summed E-state index contributed by atoms with van der Waals surface area (Å²) in [6.07, 6.45) is 0.853. The van der Waals surface area contributed by atoms with E-state index in [4.69, 9.17) is 11.6 Å². The highest BCUT2D eigenvalue weighted by atomic mass is 35.5. The molecule has 0 saturated carbocycles. The van der Waals surface area contributed by atoms with Crippen molar-refractivity contribution >= 4 is 34.8 Å². The molecule has 1 aliphatic rings. The van der Waals surface area contributed by atoms with E-state index in [0.29, 0.717) is 24.3 Å². The van der Waals surface area contributed by atoms with Gasteiger partial charge in [-0.3, -0.25) is 24.6 Å². The molecule has 180 valence electrons. The number of carbonyl (C=O) groups is 2. The van der Waals surface area contributed by atoms with Crippen LogP contribution in [0.15, 0.2) is 72.8 Å². The van der Waals surface area contributed by atoms with Gasteiger partial charge in [0.2, 0.25) is 0 Å². The van der Waals surface area contributed by atoms with Gasteiger partial charge in [0.25, 0.3) is 17.5 Å². The van der Waals surface area contributed by atoms with Crippen LogP contribution in [0.3, 0.4) is 0 Å². The zero-order valence-electron chi connectivity index (χ0n) is 19.0. The summed E-state index contributed by atoms with van der Waals surface area (Å²) in [5.74, 6) is -0.702. The molecule has 35 heavy (non-hydrogen) atoms. The Balaban J connectivity index is 1.45. The summed E-state index contributed by atoms with van der Waals surface area (Å²) < 4.78 is 0. The summed E-state index contributed by atoms with van der Waals surface area (Å²) in [6.45, 7) is 3.71. The fraction of sp³-hybridized carbons (Fsp3) is 0.231. The number of hydrogen-bond acceptors (Lipinski definition) is 5. The van der Waals surface area contributed by atoms with Gasteiger partial charge >= 0.3 is 0 Å². The van der Waals surface area contributed by atoms with Crippen molar-refractivity contribution in [2.45, 2.75) is 13.0 Å². The first-order valence-corrected chi connectivity index (χ1v) is 11.7. The molecule has 0 spiro atoms. The van der Waals surface area contributed by atoms with Crippen molar-refractivity contribution in [2.75, 3.05) is 31.5 Å². The quantitative estimate of drug-likeness (QED) is 0.392. The third kappa shape index (κ3) is 6.03. The van der Waals surface area contributed by atoms with E-state index in [2.05, 4.69) is 22.3 Å². The SMILES string of the molecule is O=C(Nc1ccccc1C(=O)N1CCCN(Cc2ccccc2)CC1)c1ccc([N+](=O)[O-])cc1Cl. The van der Waals surface area contributed by atoms with E-state index in [-0.39, 0.29) is 22.2 Å². The molecule has 0 radical (unpaired) electrons. The normalized spacial score (nSPS) is 14.3. The largest absolute Gasteiger partial charge is 0.337 e. The van der Waals surface area contributed by atoms with Crippen LogP contribution >= 0.6 is 11.6 Å². The highest BCUT2D eigenvalue weighted by Gasteiger charge is 2.23. The number of hydrogen-bond donors (Lipinski definition) is 1. The summed E-state index contributed by atoms with van der Waals surface area (Å²) in [7, 11) is 0. The van der Waals surface area contributed by atoms with E-state index in [1.165, 1.54) is 17.7 Å². The third-order valence-electron chi connectivity index (χ3n) is 5.94. The average molecular weight is 493 g/mol. The van der Waals surface area contributed by atoms with E-state index < -0.39 is 10.8 Å². The van der Waals surface area contributed by atoms with Gasteiger partial charge in [-0.1, -0.05) is 54.1 Å². The van der Waals surface area contributed by atoms with Crippen molar-refractivity contribution in [3.05, 3.63) is 105 Å². The Morgan fingerprint density at radius 3 is 2.40 bits per heavy atom. The van der Waals surface area contributed by atoms with Crippen molar-refractivity contribution in [3.8, 4) is 0 Å². The van der Waals surface area contributed by atoms with Crippen LogP contribution in [0, 0.1) is 10.1 Å². The van der Waals surface area contributed by atoms with Gasteiger partial charge in [0.1, 0.15) is 0 Å². The summed E-state index contributed by atoms with van der Waals surface area (Å²) in [6, 6.07) is 20.7. The minimum atomic E-state index is -0.580. The minimum absolute atomic E-state index is 0.0356. The predicted molar refractivity (Wildman–Crippen MR) is 135 cm³/mol. The summed E-state index contributed by atoms with van der Waals surface area (Å²) >= 11 is 6.10. The van der Waals surface area contributed by atoms with Crippen molar-refractivity contribution < 1.29 is 14.5 Å². The van der Waals surface area contributed by atoms with Crippen LogP contribution in [-0.4, -0.2) is 52.7 Å². The number of rotatable bonds is 6. The standard InChI is InChI=1S/C26H25ClN4O4/c27-23-17-20(31(34)35)11-12-21(23)25(32)28-24-10-5-4-9-22(24)26(33)30-14-6-13-29(15-16-30)18-19-7-2-1-3-8-19/h1-5,7-12,17H,6,13-16,18H2,(H,28,32). The molecule has 0 aromatic heterocycles. The van der Waals surface area contributed by atoms with Gasteiger partial charge in [-0.2, -0.15) is 0 Å². The lowest BCUT2D eigenvalue weighted by Crippen LogP contribution is -2.35. The number of amides is 2. The molecule has 8 nitrogen and oxygen atoms in total. The van der Waals surface area contributed by atoms with Crippen LogP contribution in [0.2, 0.25) is 5.02 Å². The monoisotopic (exact) mass is 492 g/mol. The molecule has 3 aromatic carbocycles. The number of nitrogens with one attached hydrogen (secondary N) is 1. The molecule has 1 aliphatic heterocycles. The molecule has 1 saturated heterocycles. The molecule has 1 N–H and O–H groups in total. The lowest BCUT2D eigenvalue weighted by Gasteiger charge is -2.23. The Morgan fingerprint density at radius 1 is 0.914 bits per heavy atom. The van der Waals surface area contributed by atoms with Gasteiger partial charge in [0, 0.05) is 44.9 Å². The van der Waals surface area contributed by atoms with E-state index in [9.17, 15) is 19.7 Å². The summed E-state index contributed by atoms with van der Waals surface area (Å²) in [5, 5.41) is 13.6. The molecule has 1 heterocycles. The van der Waals surface area contributed by atoms with Crippen molar-refractivity contribution in [2.24, 2.45) is 0 Å². The van der Waals surface area contributed by atoms with Crippen molar-refractivity contribution in [3.63, 3.8) is 0 Å². The average Bonchev–Trinajstić information content (AvgIpc) is 3.10. The molecule has 4 rings (SSSR count). The molecule has 0 aliphatic carbocycles. The van der Waals surface area contributed by atoms with Crippen LogP contribution in [0.4, 0.5) is 11.4 Å². The Kier molecular flexibility index (Phi) is 7.74. The molecule has 2 amide bonds. The second-order valence-corrected chi connectivity index (χ2v) is 8.74. The Morgan fingerprint density at radius 2 is 1.66 bits per heavy atom. The second kappa shape index (κ2) is 11.1. The number of carbonyl (C=O) groups excluding carboxylic acids is 2. The maximum atomic E-state index is 13.4. The number of nitro groups is 1. The second-order valence-electron chi connectivity index (χ2n) is 8.33. The van der Waals surface area contributed by atoms with Crippen LogP contribution in [-0.2, 0) is 6.54 Å². The zero-order valence-corrected chi connectivity index (χ0v) is 19.8. The molecule has 0 bridgehead atoms. The molecule has 0 atom stereocenters. The molecular weight excluding hydrogens is 468 g/mol. The highest BCUT2D eigenvalue weighted by Crippen LogP contribution is 2.25. The van der Waals surface area contributed by atoms with Gasteiger partial charge in [0.05, 0.1) is 26.8 Å². The van der Waals surface area contributed by atoms with Crippen molar-refractivity contribution in [1.29, 1.82) is 0 Å². The molecule has 9 heteroatoms. The number of anilines is 1. The Labute approximate surface area is 208 Å². The third-order valence-corrected chi connectivity index (χ3v) is 6.25. The molecule has 0 unspecified atom stereocenters. The van der Waals surface area contributed by atoms with E-state index in [0.717, 1.165) is 32.1 Å². The first-order chi connectivity index (χ1) is 16.9. The van der Waals surface area contributed by atoms with Gasteiger partial charge < -0.3 is 10.2 Å². The van der Waals surface area contributed by atoms with Gasteiger partial charge in [-0.25, -0.2) is 0 Å². The first kappa shape index (κ1) is 24.4. The summed E-state index contributed by atoms with van der Waals surface area (Å²) in [4.78, 5) is 40.7. The maximum Gasteiger partial charge on any atom is 0.270 e. The Hall–Kier alpha value is -3.75. The van der Waals surface area contributed by atoms with Gasteiger partial charge in [0.15, 0.2) is 0 Å². The molecular formula is C26H25ClN4O4. The van der Waals surface area contributed by atoms with E-state index in [1.54, 1.807) is 24.3 Å². The van der Waals surface area contributed by atoms with Gasteiger partial charge in [-0.15, -0.1) is 0 Å². The molecule has 3 aromatic rings. The van der Waals surface area contributed by atoms with Crippen LogP contribution in [0.5, 0.6) is 0 Å². The lowest BCUT2D eigenvalue weighted by atomic mass is 10.1. The maximum absolute atomic E-state index is 13.4. The number of nitrogens with zero attached hydrogens (tertiary/aromatic N) is 3. The zero-order chi connectivity index (χ0) is 24.8. The number of benzene rings is 3. The van der Waals surface area contributed by atoms with Crippen LogP contribution in [0.25, 0.3) is 0 Å². The van der Waals surface area contributed by atoms with Gasteiger partial charge in [-0.05, 0) is 30.2 Å².